The fourth-order valence-electron chi connectivity index (χ4n) is 3.69. The summed E-state index contributed by atoms with van der Waals surface area (Å²) in [5.74, 6) is 5.77. The van der Waals surface area contributed by atoms with Gasteiger partial charge in [0.2, 0.25) is 0 Å². The number of likely N-dealkylation sites (tertiary alicyclic amines) is 1. The van der Waals surface area contributed by atoms with Gasteiger partial charge in [-0.05, 0) is 45.7 Å². The molecule has 2 fully saturated rings. The molecule has 0 aromatic heterocycles. The Balaban J connectivity index is 2.22. The monoisotopic (exact) mass is 223 g/mol. The molecule has 92 valence electrons. The first-order chi connectivity index (χ1) is 7.70. The second kappa shape index (κ2) is 4.86. The van der Waals surface area contributed by atoms with Gasteiger partial charge < -0.3 is 0 Å². The molecule has 2 rings (SSSR count). The Hall–Kier alpha value is -0.380. The molecular weight excluding hydrogens is 198 g/mol. The molecule has 0 aromatic carbocycles. The Kier molecular flexibility index (Phi) is 3.67. The van der Waals surface area contributed by atoms with E-state index in [-0.39, 0.29) is 11.6 Å². The van der Waals surface area contributed by atoms with Crippen molar-refractivity contribution in [2.75, 3.05) is 13.1 Å². The molecule has 1 atom stereocenters. The van der Waals surface area contributed by atoms with Crippen LogP contribution in [-0.4, -0.2) is 29.6 Å². The molecule has 0 radical (unpaired) electrons. The van der Waals surface area contributed by atoms with Gasteiger partial charge in [-0.2, -0.15) is 0 Å². The maximum Gasteiger partial charge on any atom is 0.0598 e. The van der Waals surface area contributed by atoms with E-state index in [4.69, 9.17) is 5.84 Å². The number of hydrogen-bond acceptors (Lipinski definition) is 3. The molecule has 0 amide bonds. The standard InChI is InChI=1S/C13H25N3/c1-11(2)12(15-14)13(7-3-4-8-13)16-9-5-6-10-16/h12,15H,1,3-10,14H2,2H3. The van der Waals surface area contributed by atoms with Gasteiger partial charge in [0.05, 0.1) is 6.04 Å². The average molecular weight is 223 g/mol. The van der Waals surface area contributed by atoms with Gasteiger partial charge in [-0.15, -0.1) is 0 Å². The summed E-state index contributed by atoms with van der Waals surface area (Å²) >= 11 is 0. The van der Waals surface area contributed by atoms with Gasteiger partial charge >= 0.3 is 0 Å². The Morgan fingerprint density at radius 3 is 2.25 bits per heavy atom. The minimum Gasteiger partial charge on any atom is -0.296 e. The first kappa shape index (κ1) is 12.1. The zero-order valence-corrected chi connectivity index (χ0v) is 10.5. The first-order valence-electron chi connectivity index (χ1n) is 6.57. The Labute approximate surface area is 99.0 Å². The normalized spacial score (nSPS) is 27.1. The molecule has 2 aliphatic rings. The molecule has 1 unspecified atom stereocenters. The summed E-state index contributed by atoms with van der Waals surface area (Å²) in [4.78, 5) is 2.67. The van der Waals surface area contributed by atoms with Crippen LogP contribution in [0, 0.1) is 0 Å². The number of nitrogens with one attached hydrogen (secondary N) is 1. The van der Waals surface area contributed by atoms with Crippen LogP contribution >= 0.6 is 0 Å². The molecule has 1 saturated carbocycles. The van der Waals surface area contributed by atoms with Gasteiger partial charge in [0, 0.05) is 5.54 Å². The molecule has 3 N–H and O–H groups in total. The van der Waals surface area contributed by atoms with Crippen LogP contribution < -0.4 is 11.3 Å². The summed E-state index contributed by atoms with van der Waals surface area (Å²) in [5, 5.41) is 0. The van der Waals surface area contributed by atoms with E-state index in [1.54, 1.807) is 0 Å². The van der Waals surface area contributed by atoms with Gasteiger partial charge in [-0.25, -0.2) is 0 Å². The second-order valence-corrected chi connectivity index (χ2v) is 5.45. The minimum atomic E-state index is 0.257. The summed E-state index contributed by atoms with van der Waals surface area (Å²) in [5.41, 5.74) is 4.46. The molecule has 1 heterocycles. The Morgan fingerprint density at radius 1 is 1.25 bits per heavy atom. The second-order valence-electron chi connectivity index (χ2n) is 5.45. The predicted molar refractivity (Wildman–Crippen MR) is 67.9 cm³/mol. The van der Waals surface area contributed by atoms with Crippen LogP contribution in [-0.2, 0) is 0 Å². The molecule has 16 heavy (non-hydrogen) atoms. The van der Waals surface area contributed by atoms with Crippen LogP contribution in [0.4, 0.5) is 0 Å². The van der Waals surface area contributed by atoms with Crippen LogP contribution in [0.1, 0.15) is 45.4 Å². The summed E-state index contributed by atoms with van der Waals surface area (Å²) in [7, 11) is 0. The summed E-state index contributed by atoms with van der Waals surface area (Å²) in [6.07, 6.45) is 7.90. The Bertz CT molecular complexity index is 250. The van der Waals surface area contributed by atoms with Crippen LogP contribution in [0.2, 0.25) is 0 Å². The molecule has 3 heteroatoms. The highest BCUT2D eigenvalue weighted by atomic mass is 15.3. The lowest BCUT2D eigenvalue weighted by Gasteiger charge is -2.45. The lowest BCUT2D eigenvalue weighted by molar-refractivity contribution is 0.0903. The highest BCUT2D eigenvalue weighted by molar-refractivity contribution is 5.16. The molecule has 1 saturated heterocycles. The van der Waals surface area contributed by atoms with Crippen molar-refractivity contribution in [1.29, 1.82) is 0 Å². The molecule has 1 aliphatic carbocycles. The summed E-state index contributed by atoms with van der Waals surface area (Å²) in [6, 6.07) is 0.257. The first-order valence-corrected chi connectivity index (χ1v) is 6.57. The summed E-state index contributed by atoms with van der Waals surface area (Å²) < 4.78 is 0. The third kappa shape index (κ3) is 1.92. The lowest BCUT2D eigenvalue weighted by Crippen LogP contribution is -2.61. The van der Waals surface area contributed by atoms with E-state index in [0.29, 0.717) is 0 Å². The van der Waals surface area contributed by atoms with E-state index in [0.717, 1.165) is 0 Å². The zero-order chi connectivity index (χ0) is 11.6. The third-order valence-electron chi connectivity index (χ3n) is 4.40. The number of rotatable bonds is 4. The number of nitrogens with two attached hydrogens (primary N) is 1. The summed E-state index contributed by atoms with van der Waals surface area (Å²) in [6.45, 7) is 8.70. The fraction of sp³-hybridized carbons (Fsp3) is 0.846. The van der Waals surface area contributed by atoms with E-state index in [1.165, 1.54) is 57.2 Å². The Morgan fingerprint density at radius 2 is 1.81 bits per heavy atom. The molecule has 0 aromatic rings. The minimum absolute atomic E-state index is 0.257. The smallest absolute Gasteiger partial charge is 0.0598 e. The molecule has 1 aliphatic heterocycles. The van der Waals surface area contributed by atoms with Crippen molar-refractivity contribution >= 4 is 0 Å². The highest BCUT2D eigenvalue weighted by Crippen LogP contribution is 2.41. The molecule has 3 nitrogen and oxygen atoms in total. The van der Waals surface area contributed by atoms with Gasteiger partial charge in [-0.3, -0.25) is 16.2 Å². The van der Waals surface area contributed by atoms with Gasteiger partial charge in [-0.1, -0.05) is 25.0 Å². The highest BCUT2D eigenvalue weighted by Gasteiger charge is 2.46. The predicted octanol–water partition coefficient (Wildman–Crippen LogP) is 1.80. The fourth-order valence-corrected chi connectivity index (χ4v) is 3.69. The maximum atomic E-state index is 5.77. The number of nitrogens with zero attached hydrogens (tertiary/aromatic N) is 1. The van der Waals surface area contributed by atoms with Crippen molar-refractivity contribution in [1.82, 2.24) is 10.3 Å². The molecular formula is C13H25N3. The van der Waals surface area contributed by atoms with Crippen molar-refractivity contribution in [2.24, 2.45) is 5.84 Å². The number of hydrogen-bond donors (Lipinski definition) is 2. The van der Waals surface area contributed by atoms with Crippen molar-refractivity contribution in [2.45, 2.75) is 57.0 Å². The van der Waals surface area contributed by atoms with Crippen molar-refractivity contribution in [3.63, 3.8) is 0 Å². The van der Waals surface area contributed by atoms with Gasteiger partial charge in [0.25, 0.3) is 0 Å². The number of hydrazine groups is 1. The van der Waals surface area contributed by atoms with Crippen LogP contribution in [0.15, 0.2) is 12.2 Å². The quantitative estimate of drug-likeness (QED) is 0.434. The molecule has 0 spiro atoms. The van der Waals surface area contributed by atoms with Crippen LogP contribution in [0.5, 0.6) is 0 Å². The maximum absolute atomic E-state index is 5.77. The van der Waals surface area contributed by atoms with Crippen LogP contribution in [0.25, 0.3) is 0 Å². The average Bonchev–Trinajstić information content (AvgIpc) is 2.88. The molecule has 0 bridgehead atoms. The van der Waals surface area contributed by atoms with Gasteiger partial charge in [0.15, 0.2) is 0 Å². The zero-order valence-electron chi connectivity index (χ0n) is 10.5. The van der Waals surface area contributed by atoms with E-state index in [1.807, 2.05) is 0 Å². The van der Waals surface area contributed by atoms with E-state index >= 15 is 0 Å². The van der Waals surface area contributed by atoms with Crippen molar-refractivity contribution in [3.8, 4) is 0 Å². The largest absolute Gasteiger partial charge is 0.296 e. The lowest BCUT2D eigenvalue weighted by atomic mass is 9.83. The van der Waals surface area contributed by atoms with E-state index in [2.05, 4.69) is 23.8 Å². The topological polar surface area (TPSA) is 41.3 Å². The van der Waals surface area contributed by atoms with E-state index in [9.17, 15) is 0 Å². The van der Waals surface area contributed by atoms with E-state index < -0.39 is 0 Å². The third-order valence-corrected chi connectivity index (χ3v) is 4.40. The van der Waals surface area contributed by atoms with Crippen LogP contribution in [0.3, 0.4) is 0 Å². The SMILES string of the molecule is C=C(C)C(NN)C1(N2CCCC2)CCCC1. The van der Waals surface area contributed by atoms with Crippen molar-refractivity contribution in [3.05, 3.63) is 12.2 Å². The van der Waals surface area contributed by atoms with Crippen molar-refractivity contribution < 1.29 is 0 Å². The van der Waals surface area contributed by atoms with Gasteiger partial charge in [0.1, 0.15) is 0 Å².